The van der Waals surface area contributed by atoms with Crippen LogP contribution in [0.15, 0.2) is 48.7 Å². The number of halogens is 2. The number of fused-ring (bicyclic) bond motifs is 1. The van der Waals surface area contributed by atoms with Crippen LogP contribution in [0.25, 0.3) is 10.9 Å². The first-order valence-electron chi connectivity index (χ1n) is 7.64. The van der Waals surface area contributed by atoms with Gasteiger partial charge in [0.05, 0.1) is 10.7 Å². The molecule has 3 N–H and O–H groups in total. The van der Waals surface area contributed by atoms with Crippen molar-refractivity contribution in [2.75, 3.05) is 11.9 Å². The summed E-state index contributed by atoms with van der Waals surface area (Å²) < 4.78 is 0. The predicted molar refractivity (Wildman–Crippen MR) is 100 cm³/mol. The van der Waals surface area contributed by atoms with E-state index in [2.05, 4.69) is 15.6 Å². The maximum atomic E-state index is 11.9. The fourth-order valence-corrected chi connectivity index (χ4v) is 2.96. The van der Waals surface area contributed by atoms with Crippen LogP contribution < -0.4 is 10.6 Å². The van der Waals surface area contributed by atoms with Crippen LogP contribution in [0.2, 0.25) is 10.0 Å². The fourth-order valence-electron chi connectivity index (χ4n) is 2.50. The summed E-state index contributed by atoms with van der Waals surface area (Å²) in [6, 6.07) is 12.5. The number of para-hydroxylation sites is 1. The van der Waals surface area contributed by atoms with Gasteiger partial charge in [0.15, 0.2) is 0 Å². The van der Waals surface area contributed by atoms with Crippen LogP contribution in [0.3, 0.4) is 0 Å². The van der Waals surface area contributed by atoms with Crippen LogP contribution in [0.5, 0.6) is 0 Å². The number of amides is 2. The maximum Gasteiger partial charge on any atom is 0.313 e. The van der Waals surface area contributed by atoms with Crippen molar-refractivity contribution < 1.29 is 9.59 Å². The van der Waals surface area contributed by atoms with E-state index in [0.717, 1.165) is 16.5 Å². The Morgan fingerprint density at radius 1 is 1.04 bits per heavy atom. The summed E-state index contributed by atoms with van der Waals surface area (Å²) >= 11 is 11.8. The molecule has 0 aliphatic rings. The first-order valence-corrected chi connectivity index (χ1v) is 8.39. The Kier molecular flexibility index (Phi) is 5.26. The largest absolute Gasteiger partial charge is 0.361 e. The van der Waals surface area contributed by atoms with Gasteiger partial charge in [-0.05, 0) is 36.2 Å². The van der Waals surface area contributed by atoms with Crippen LogP contribution in [0.1, 0.15) is 5.56 Å². The molecule has 3 rings (SSSR count). The molecular weight excluding hydrogens is 361 g/mol. The Balaban J connectivity index is 1.54. The third-order valence-corrected chi connectivity index (χ3v) is 4.29. The molecule has 0 unspecified atom stereocenters. The highest BCUT2D eigenvalue weighted by Crippen LogP contribution is 2.25. The first-order chi connectivity index (χ1) is 12.0. The van der Waals surface area contributed by atoms with Gasteiger partial charge in [-0.15, -0.1) is 0 Å². The van der Waals surface area contributed by atoms with Crippen molar-refractivity contribution in [3.05, 3.63) is 64.3 Å². The van der Waals surface area contributed by atoms with E-state index >= 15 is 0 Å². The van der Waals surface area contributed by atoms with Crippen molar-refractivity contribution >= 4 is 51.6 Å². The van der Waals surface area contributed by atoms with Crippen molar-refractivity contribution in [2.45, 2.75) is 6.42 Å². The van der Waals surface area contributed by atoms with Crippen molar-refractivity contribution in [3.8, 4) is 0 Å². The number of hydrogen-bond acceptors (Lipinski definition) is 2. The first kappa shape index (κ1) is 17.3. The number of benzene rings is 2. The van der Waals surface area contributed by atoms with Gasteiger partial charge in [0, 0.05) is 28.7 Å². The zero-order chi connectivity index (χ0) is 17.8. The molecule has 0 aliphatic heterocycles. The highest BCUT2D eigenvalue weighted by molar-refractivity contribution is 6.42. The number of H-pyrrole nitrogens is 1. The number of aromatic nitrogens is 1. The van der Waals surface area contributed by atoms with Crippen LogP contribution in [0.4, 0.5) is 5.69 Å². The highest BCUT2D eigenvalue weighted by atomic mass is 35.5. The minimum atomic E-state index is -0.775. The third kappa shape index (κ3) is 4.13. The Hall–Kier alpha value is -2.50. The average Bonchev–Trinajstić information content (AvgIpc) is 3.00. The van der Waals surface area contributed by atoms with Gasteiger partial charge in [-0.1, -0.05) is 41.4 Å². The number of anilines is 1. The van der Waals surface area contributed by atoms with E-state index in [4.69, 9.17) is 23.2 Å². The lowest BCUT2D eigenvalue weighted by Gasteiger charge is -2.08. The second kappa shape index (κ2) is 7.59. The SMILES string of the molecule is O=C(NCCc1c[nH]c2ccccc12)C(=O)Nc1ccc(Cl)cc1Cl. The van der Waals surface area contributed by atoms with E-state index in [9.17, 15) is 9.59 Å². The van der Waals surface area contributed by atoms with Crippen LogP contribution in [-0.4, -0.2) is 23.3 Å². The molecule has 3 aromatic rings. The van der Waals surface area contributed by atoms with E-state index in [1.54, 1.807) is 12.1 Å². The Bertz CT molecular complexity index is 937. The van der Waals surface area contributed by atoms with Crippen molar-refractivity contribution in [2.24, 2.45) is 0 Å². The molecule has 0 radical (unpaired) electrons. The summed E-state index contributed by atoms with van der Waals surface area (Å²) in [4.78, 5) is 27.0. The topological polar surface area (TPSA) is 74.0 Å². The highest BCUT2D eigenvalue weighted by Gasteiger charge is 2.15. The lowest BCUT2D eigenvalue weighted by Crippen LogP contribution is -2.36. The molecule has 0 atom stereocenters. The van der Waals surface area contributed by atoms with E-state index < -0.39 is 11.8 Å². The lowest BCUT2D eigenvalue weighted by molar-refractivity contribution is -0.136. The van der Waals surface area contributed by atoms with Gasteiger partial charge < -0.3 is 15.6 Å². The predicted octanol–water partition coefficient (Wildman–Crippen LogP) is 3.77. The molecule has 7 heteroatoms. The molecule has 0 saturated carbocycles. The summed E-state index contributed by atoms with van der Waals surface area (Å²) in [5.74, 6) is -1.49. The van der Waals surface area contributed by atoms with Crippen molar-refractivity contribution in [3.63, 3.8) is 0 Å². The number of aromatic amines is 1. The normalized spacial score (nSPS) is 10.6. The number of carbonyl (C=O) groups is 2. The monoisotopic (exact) mass is 375 g/mol. The number of hydrogen-bond donors (Lipinski definition) is 3. The van der Waals surface area contributed by atoms with Gasteiger partial charge in [-0.2, -0.15) is 0 Å². The van der Waals surface area contributed by atoms with Gasteiger partial charge in [-0.25, -0.2) is 0 Å². The molecule has 128 valence electrons. The van der Waals surface area contributed by atoms with E-state index in [1.165, 1.54) is 6.07 Å². The quantitative estimate of drug-likeness (QED) is 0.607. The van der Waals surface area contributed by atoms with Gasteiger partial charge in [0.2, 0.25) is 0 Å². The Morgan fingerprint density at radius 3 is 2.64 bits per heavy atom. The summed E-state index contributed by atoms with van der Waals surface area (Å²) in [5.41, 5.74) is 2.46. The second-order valence-corrected chi connectivity index (χ2v) is 6.29. The molecule has 0 saturated heterocycles. The van der Waals surface area contributed by atoms with Gasteiger partial charge in [0.1, 0.15) is 0 Å². The van der Waals surface area contributed by atoms with Crippen LogP contribution in [0, 0.1) is 0 Å². The summed E-state index contributed by atoms with van der Waals surface area (Å²) in [6.07, 6.45) is 2.52. The smallest absolute Gasteiger partial charge is 0.313 e. The molecular formula is C18H15Cl2N3O2. The molecule has 2 aromatic carbocycles. The van der Waals surface area contributed by atoms with Crippen molar-refractivity contribution in [1.82, 2.24) is 10.3 Å². The number of nitrogens with one attached hydrogen (secondary N) is 3. The number of rotatable bonds is 4. The summed E-state index contributed by atoms with van der Waals surface area (Å²) in [6.45, 7) is 0.350. The minimum Gasteiger partial charge on any atom is -0.361 e. The standard InChI is InChI=1S/C18H15Cl2N3O2/c19-12-5-6-16(14(20)9-12)23-18(25)17(24)21-8-7-11-10-22-15-4-2-1-3-13(11)15/h1-6,9-10,22H,7-8H2,(H,21,24)(H,23,25). The Morgan fingerprint density at radius 2 is 1.84 bits per heavy atom. The van der Waals surface area contributed by atoms with E-state index in [0.29, 0.717) is 23.7 Å². The van der Waals surface area contributed by atoms with E-state index in [1.807, 2.05) is 30.5 Å². The molecule has 5 nitrogen and oxygen atoms in total. The molecule has 1 heterocycles. The zero-order valence-corrected chi connectivity index (χ0v) is 14.6. The second-order valence-electron chi connectivity index (χ2n) is 5.44. The van der Waals surface area contributed by atoms with Crippen molar-refractivity contribution in [1.29, 1.82) is 0 Å². The minimum absolute atomic E-state index is 0.271. The van der Waals surface area contributed by atoms with Gasteiger partial charge in [-0.3, -0.25) is 9.59 Å². The number of carbonyl (C=O) groups excluding carboxylic acids is 2. The molecule has 0 bridgehead atoms. The zero-order valence-electron chi connectivity index (χ0n) is 13.1. The Labute approximate surface area is 154 Å². The summed E-state index contributed by atoms with van der Waals surface area (Å²) in [5, 5.41) is 6.89. The molecule has 2 amide bonds. The fraction of sp³-hybridized carbons (Fsp3) is 0.111. The lowest BCUT2D eigenvalue weighted by atomic mass is 10.1. The molecule has 0 fully saturated rings. The van der Waals surface area contributed by atoms with Gasteiger partial charge >= 0.3 is 11.8 Å². The summed E-state index contributed by atoms with van der Waals surface area (Å²) in [7, 11) is 0. The average molecular weight is 376 g/mol. The van der Waals surface area contributed by atoms with Crippen LogP contribution in [-0.2, 0) is 16.0 Å². The van der Waals surface area contributed by atoms with E-state index in [-0.39, 0.29) is 5.02 Å². The third-order valence-electron chi connectivity index (χ3n) is 3.74. The van der Waals surface area contributed by atoms with Gasteiger partial charge in [0.25, 0.3) is 0 Å². The van der Waals surface area contributed by atoms with Crippen LogP contribution >= 0.6 is 23.2 Å². The molecule has 0 spiro atoms. The molecule has 1 aromatic heterocycles. The molecule has 25 heavy (non-hydrogen) atoms. The molecule has 0 aliphatic carbocycles. The maximum absolute atomic E-state index is 11.9.